The van der Waals surface area contributed by atoms with E-state index in [1.165, 1.54) is 51.4 Å². The molecule has 0 fully saturated rings. The zero-order chi connectivity index (χ0) is 16.3. The third-order valence-electron chi connectivity index (χ3n) is 3.05. The average molecular weight is 306 g/mol. The lowest BCUT2D eigenvalue weighted by Gasteiger charge is -2.10. The minimum atomic E-state index is -0.445. The maximum absolute atomic E-state index is 8.69. The van der Waals surface area contributed by atoms with Gasteiger partial charge in [-0.05, 0) is 20.3 Å². The van der Waals surface area contributed by atoms with Gasteiger partial charge in [-0.2, -0.15) is 0 Å². The summed E-state index contributed by atoms with van der Waals surface area (Å²) >= 11 is 0. The maximum atomic E-state index is 8.69. The first kappa shape index (κ1) is 23.1. The molecule has 0 radical (unpaired) electrons. The van der Waals surface area contributed by atoms with Crippen LogP contribution >= 0.6 is 0 Å². The summed E-state index contributed by atoms with van der Waals surface area (Å²) < 4.78 is 4.95. The van der Waals surface area contributed by atoms with E-state index < -0.39 is 6.10 Å². The fourth-order valence-electron chi connectivity index (χ4n) is 1.72. The number of rotatable bonds is 13. The number of nitrogens with one attached hydrogen (secondary N) is 1. The lowest BCUT2D eigenvalue weighted by molar-refractivity contribution is -0.0177. The van der Waals surface area contributed by atoms with Crippen molar-refractivity contribution in [3.63, 3.8) is 0 Å². The number of nitrogens with two attached hydrogens (primary N) is 1. The number of hydrazine groups is 1. The van der Waals surface area contributed by atoms with Crippen molar-refractivity contribution in [2.45, 2.75) is 84.3 Å². The summed E-state index contributed by atoms with van der Waals surface area (Å²) in [6.07, 6.45) is 10.3. The number of aliphatic hydroxyl groups excluding tert-OH is 2. The Morgan fingerprint density at radius 1 is 1.00 bits per heavy atom. The minimum absolute atomic E-state index is 0.00667. The fraction of sp³-hybridized carbons (Fsp3) is 1.00. The summed E-state index contributed by atoms with van der Waals surface area (Å²) in [5, 5.41) is 17.1. The Hall–Kier alpha value is -0.200. The van der Waals surface area contributed by atoms with E-state index in [1.54, 1.807) is 13.8 Å². The normalized spacial score (nSPS) is 13.4. The largest absolute Gasteiger partial charge is 0.394 e. The Morgan fingerprint density at radius 3 is 1.95 bits per heavy atom. The van der Waals surface area contributed by atoms with Gasteiger partial charge in [-0.25, -0.2) is 0 Å². The van der Waals surface area contributed by atoms with E-state index in [9.17, 15) is 0 Å². The first-order valence-corrected chi connectivity index (χ1v) is 8.42. The van der Waals surface area contributed by atoms with E-state index in [2.05, 4.69) is 12.3 Å². The number of hydrogen-bond acceptors (Lipinski definition) is 5. The molecule has 0 aromatic carbocycles. The molecule has 0 spiro atoms. The molecule has 2 unspecified atom stereocenters. The second-order valence-electron chi connectivity index (χ2n) is 5.60. The van der Waals surface area contributed by atoms with Crippen molar-refractivity contribution in [2.24, 2.45) is 5.84 Å². The lowest BCUT2D eigenvalue weighted by Crippen LogP contribution is -2.22. The topological polar surface area (TPSA) is 87.7 Å². The van der Waals surface area contributed by atoms with Crippen molar-refractivity contribution in [3.8, 4) is 0 Å². The van der Waals surface area contributed by atoms with Gasteiger partial charge >= 0.3 is 0 Å². The predicted octanol–water partition coefficient (Wildman–Crippen LogP) is 2.35. The second kappa shape index (κ2) is 19.8. The Balaban J connectivity index is 0. The van der Waals surface area contributed by atoms with Gasteiger partial charge in [0.2, 0.25) is 0 Å². The molecule has 21 heavy (non-hydrogen) atoms. The molecule has 0 heterocycles. The molecule has 0 bridgehead atoms. The molecule has 130 valence electrons. The highest BCUT2D eigenvalue weighted by atomic mass is 16.5. The van der Waals surface area contributed by atoms with Gasteiger partial charge in [0.1, 0.15) is 0 Å². The molecule has 0 rings (SSSR count). The number of ether oxygens (including phenoxy) is 1. The van der Waals surface area contributed by atoms with Crippen LogP contribution in [-0.4, -0.2) is 42.2 Å². The van der Waals surface area contributed by atoms with Crippen LogP contribution in [-0.2, 0) is 4.74 Å². The van der Waals surface area contributed by atoms with Gasteiger partial charge in [0.25, 0.3) is 0 Å². The fourth-order valence-corrected chi connectivity index (χ4v) is 1.72. The van der Waals surface area contributed by atoms with Crippen LogP contribution < -0.4 is 11.3 Å². The van der Waals surface area contributed by atoms with Crippen LogP contribution in [0.3, 0.4) is 0 Å². The molecule has 0 aliphatic rings. The van der Waals surface area contributed by atoms with Crippen molar-refractivity contribution in [1.29, 1.82) is 0 Å². The second-order valence-corrected chi connectivity index (χ2v) is 5.60. The highest BCUT2D eigenvalue weighted by molar-refractivity contribution is 4.48. The Kier molecular flexibility index (Phi) is 21.8. The van der Waals surface area contributed by atoms with E-state index in [0.29, 0.717) is 6.61 Å². The molecule has 0 saturated heterocycles. The number of aliphatic hydroxyl groups is 2. The van der Waals surface area contributed by atoms with Gasteiger partial charge in [-0.3, -0.25) is 11.3 Å². The molecular formula is C16H38N2O3. The van der Waals surface area contributed by atoms with Crippen LogP contribution in [0.2, 0.25) is 0 Å². The first-order valence-electron chi connectivity index (χ1n) is 8.42. The van der Waals surface area contributed by atoms with E-state index in [0.717, 1.165) is 6.54 Å². The number of unbranched alkanes of at least 4 members (excludes halogenated alkanes) is 7. The molecule has 0 aliphatic carbocycles. The van der Waals surface area contributed by atoms with Gasteiger partial charge in [0.05, 0.1) is 25.4 Å². The SMILES string of the molecule is CC(O)COC(C)CO.CCCCCCCCCCNN. The van der Waals surface area contributed by atoms with Crippen LogP contribution in [0.5, 0.6) is 0 Å². The molecule has 5 nitrogen and oxygen atoms in total. The first-order chi connectivity index (χ1) is 10.1. The quantitative estimate of drug-likeness (QED) is 0.238. The maximum Gasteiger partial charge on any atom is 0.0779 e. The van der Waals surface area contributed by atoms with Crippen LogP contribution in [0.25, 0.3) is 0 Å². The summed E-state index contributed by atoms with van der Waals surface area (Å²) in [4.78, 5) is 0. The molecule has 2 atom stereocenters. The summed E-state index contributed by atoms with van der Waals surface area (Å²) in [6.45, 7) is 6.92. The van der Waals surface area contributed by atoms with Crippen molar-refractivity contribution in [2.75, 3.05) is 19.8 Å². The van der Waals surface area contributed by atoms with Gasteiger partial charge in [-0.15, -0.1) is 0 Å². The Morgan fingerprint density at radius 2 is 1.52 bits per heavy atom. The average Bonchev–Trinajstić information content (AvgIpc) is 2.48. The van der Waals surface area contributed by atoms with Crippen molar-refractivity contribution < 1.29 is 14.9 Å². The molecule has 0 amide bonds. The number of hydrogen-bond donors (Lipinski definition) is 4. The van der Waals surface area contributed by atoms with Crippen molar-refractivity contribution in [1.82, 2.24) is 5.43 Å². The summed E-state index contributed by atoms with van der Waals surface area (Å²) in [5.74, 6) is 5.16. The standard InChI is InChI=1S/C10H24N2.C6H14O3/c1-2-3-4-5-6-7-8-9-10-12-11;1-5(8)4-9-6(2)3-7/h12H,2-11H2,1H3;5-8H,3-4H2,1-2H3. The molecule has 0 aromatic heterocycles. The summed E-state index contributed by atoms with van der Waals surface area (Å²) in [5.41, 5.74) is 2.68. The highest BCUT2D eigenvalue weighted by Gasteiger charge is 2.00. The van der Waals surface area contributed by atoms with Crippen LogP contribution in [0.4, 0.5) is 0 Å². The summed E-state index contributed by atoms with van der Waals surface area (Å²) in [6, 6.07) is 0. The monoisotopic (exact) mass is 306 g/mol. The lowest BCUT2D eigenvalue weighted by atomic mass is 10.1. The van der Waals surface area contributed by atoms with E-state index in [1.807, 2.05) is 0 Å². The van der Waals surface area contributed by atoms with Crippen LogP contribution in [0.1, 0.15) is 72.1 Å². The van der Waals surface area contributed by atoms with Crippen molar-refractivity contribution >= 4 is 0 Å². The third-order valence-corrected chi connectivity index (χ3v) is 3.05. The third kappa shape index (κ3) is 25.1. The zero-order valence-corrected chi connectivity index (χ0v) is 14.3. The molecule has 5 N–H and O–H groups in total. The minimum Gasteiger partial charge on any atom is -0.394 e. The Bertz CT molecular complexity index is 171. The van der Waals surface area contributed by atoms with Crippen LogP contribution in [0.15, 0.2) is 0 Å². The molecule has 5 heteroatoms. The van der Waals surface area contributed by atoms with E-state index in [4.69, 9.17) is 20.8 Å². The smallest absolute Gasteiger partial charge is 0.0779 e. The zero-order valence-electron chi connectivity index (χ0n) is 14.3. The molecule has 0 saturated carbocycles. The van der Waals surface area contributed by atoms with Gasteiger partial charge in [0, 0.05) is 6.54 Å². The summed E-state index contributed by atoms with van der Waals surface area (Å²) in [7, 11) is 0. The van der Waals surface area contributed by atoms with Gasteiger partial charge in [0.15, 0.2) is 0 Å². The highest BCUT2D eigenvalue weighted by Crippen LogP contribution is 2.07. The van der Waals surface area contributed by atoms with E-state index >= 15 is 0 Å². The van der Waals surface area contributed by atoms with Crippen LogP contribution in [0, 0.1) is 0 Å². The van der Waals surface area contributed by atoms with Gasteiger partial charge in [-0.1, -0.05) is 51.9 Å². The Labute approximate surface area is 131 Å². The van der Waals surface area contributed by atoms with Crippen molar-refractivity contribution in [3.05, 3.63) is 0 Å². The molecule has 0 aromatic rings. The van der Waals surface area contributed by atoms with Gasteiger partial charge < -0.3 is 14.9 Å². The predicted molar refractivity (Wildman–Crippen MR) is 89.0 cm³/mol. The van der Waals surface area contributed by atoms with E-state index in [-0.39, 0.29) is 12.7 Å². The molecule has 0 aliphatic heterocycles. The molecular weight excluding hydrogens is 268 g/mol.